The number of rotatable bonds is 2. The number of esters is 1. The molecule has 0 N–H and O–H groups in total. The maximum absolute atomic E-state index is 11.0. The molecule has 0 radical (unpaired) electrons. The van der Waals surface area contributed by atoms with Crippen molar-refractivity contribution >= 4 is 23.4 Å². The standard InChI is InChI=1S/C7H8ClN2O2/c1-10-4-5(9-8)3-6(10)7(11)12-2/h3-4H,1-2H3/q-1. The second-order valence-corrected chi connectivity index (χ2v) is 2.44. The van der Waals surface area contributed by atoms with Gasteiger partial charge in [0.25, 0.3) is 0 Å². The van der Waals surface area contributed by atoms with Crippen LogP contribution in [0.1, 0.15) is 10.5 Å². The highest BCUT2D eigenvalue weighted by atomic mass is 35.5. The second-order valence-electron chi connectivity index (χ2n) is 2.27. The van der Waals surface area contributed by atoms with Crippen LogP contribution in [-0.4, -0.2) is 17.6 Å². The van der Waals surface area contributed by atoms with Crippen molar-refractivity contribution < 1.29 is 9.53 Å². The molecule has 1 aromatic heterocycles. The summed E-state index contributed by atoms with van der Waals surface area (Å²) in [5.74, 6) is -0.399. The Bertz CT molecular complexity index is 296. The molecule has 0 bridgehead atoms. The highest BCUT2D eigenvalue weighted by molar-refractivity contribution is 6.28. The number of aromatic nitrogens is 1. The molecule has 0 aliphatic heterocycles. The quantitative estimate of drug-likeness (QED) is 0.665. The average molecular weight is 188 g/mol. The Labute approximate surface area is 75.2 Å². The van der Waals surface area contributed by atoms with Crippen LogP contribution in [0.2, 0.25) is 0 Å². The summed E-state index contributed by atoms with van der Waals surface area (Å²) in [5.41, 5.74) is 0.969. The van der Waals surface area contributed by atoms with Crippen LogP contribution in [0.4, 0.5) is 5.69 Å². The van der Waals surface area contributed by atoms with Crippen molar-refractivity contribution in [3.8, 4) is 0 Å². The van der Waals surface area contributed by atoms with E-state index in [1.54, 1.807) is 23.9 Å². The Morgan fingerprint density at radius 2 is 2.42 bits per heavy atom. The highest BCUT2D eigenvalue weighted by Gasteiger charge is 2.08. The van der Waals surface area contributed by atoms with Crippen LogP contribution < -0.4 is 0 Å². The van der Waals surface area contributed by atoms with Gasteiger partial charge in [-0.3, -0.25) is 0 Å². The first-order valence-corrected chi connectivity index (χ1v) is 3.59. The molecular formula is C7H8ClN2O2-. The van der Waals surface area contributed by atoms with E-state index < -0.39 is 5.97 Å². The summed E-state index contributed by atoms with van der Waals surface area (Å²) in [6.07, 6.45) is 1.64. The first-order chi connectivity index (χ1) is 5.69. The lowest BCUT2D eigenvalue weighted by Crippen LogP contribution is -2.06. The molecule has 0 unspecified atom stereocenters. The van der Waals surface area contributed by atoms with Crippen LogP contribution in [0, 0.1) is 0 Å². The van der Waals surface area contributed by atoms with Gasteiger partial charge >= 0.3 is 5.97 Å². The average Bonchev–Trinajstić information content (AvgIpc) is 2.45. The number of nitrogens with zero attached hydrogens (tertiary/aromatic N) is 2. The second kappa shape index (κ2) is 3.49. The predicted molar refractivity (Wildman–Crippen MR) is 45.6 cm³/mol. The Balaban J connectivity index is 2.99. The zero-order valence-electron chi connectivity index (χ0n) is 6.74. The van der Waals surface area contributed by atoms with Crippen molar-refractivity contribution in [3.05, 3.63) is 22.8 Å². The smallest absolute Gasteiger partial charge is 0.354 e. The molecular weight excluding hydrogens is 180 g/mol. The first kappa shape index (κ1) is 8.93. The number of carbonyl (C=O) groups is 1. The number of hydrogen-bond donors (Lipinski definition) is 0. The number of ether oxygens (including phenoxy) is 1. The van der Waals surface area contributed by atoms with E-state index in [0.29, 0.717) is 11.4 Å². The summed E-state index contributed by atoms with van der Waals surface area (Å²) < 4.78 is 6.13. The van der Waals surface area contributed by atoms with Crippen molar-refractivity contribution in [2.24, 2.45) is 7.05 Å². The third-order valence-corrected chi connectivity index (χ3v) is 1.68. The van der Waals surface area contributed by atoms with Crippen LogP contribution >= 0.6 is 11.8 Å². The summed E-state index contributed by atoms with van der Waals surface area (Å²) in [6.45, 7) is 0. The topological polar surface area (TPSA) is 45.3 Å². The van der Waals surface area contributed by atoms with Gasteiger partial charge in [-0.05, 0) is 12.3 Å². The van der Waals surface area contributed by atoms with Gasteiger partial charge in [0.2, 0.25) is 0 Å². The van der Waals surface area contributed by atoms with Crippen molar-refractivity contribution in [1.29, 1.82) is 0 Å². The molecule has 1 aromatic rings. The van der Waals surface area contributed by atoms with Gasteiger partial charge in [0, 0.05) is 7.05 Å². The van der Waals surface area contributed by atoms with E-state index in [-0.39, 0.29) is 0 Å². The molecule has 5 heteroatoms. The van der Waals surface area contributed by atoms with E-state index in [1.165, 1.54) is 7.11 Å². The molecule has 1 rings (SSSR count). The summed E-state index contributed by atoms with van der Waals surface area (Å²) in [4.78, 5) is 14.4. The van der Waals surface area contributed by atoms with E-state index in [9.17, 15) is 4.79 Å². The predicted octanol–water partition coefficient (Wildman–Crippen LogP) is 1.97. The molecule has 0 fully saturated rings. The number of hydrogen-bond acceptors (Lipinski definition) is 2. The van der Waals surface area contributed by atoms with Crippen LogP contribution in [-0.2, 0) is 11.8 Å². The van der Waals surface area contributed by atoms with Crippen LogP contribution in [0.25, 0.3) is 4.84 Å². The zero-order valence-corrected chi connectivity index (χ0v) is 7.50. The highest BCUT2D eigenvalue weighted by Crippen LogP contribution is 2.23. The molecule has 4 nitrogen and oxygen atoms in total. The summed E-state index contributed by atoms with van der Waals surface area (Å²) >= 11 is 5.22. The number of carbonyl (C=O) groups excluding carboxylic acids is 1. The van der Waals surface area contributed by atoms with Gasteiger partial charge in [-0.15, -0.1) is 5.69 Å². The Kier molecular flexibility index (Phi) is 2.60. The summed E-state index contributed by atoms with van der Waals surface area (Å²) in [7, 11) is 3.05. The minimum atomic E-state index is -0.399. The zero-order chi connectivity index (χ0) is 9.14. The number of halogens is 1. The third kappa shape index (κ3) is 1.53. The van der Waals surface area contributed by atoms with Crippen molar-refractivity contribution in [2.45, 2.75) is 0 Å². The maximum Gasteiger partial charge on any atom is 0.354 e. The first-order valence-electron chi connectivity index (χ1n) is 3.25. The number of aryl methyl sites for hydroxylation is 1. The fraction of sp³-hybridized carbons (Fsp3) is 0.286. The van der Waals surface area contributed by atoms with Crippen molar-refractivity contribution in [1.82, 2.24) is 4.57 Å². The van der Waals surface area contributed by atoms with E-state index in [0.717, 1.165) is 0 Å². The normalized spacial score (nSPS) is 9.58. The van der Waals surface area contributed by atoms with Crippen LogP contribution in [0.15, 0.2) is 12.3 Å². The molecule has 0 spiro atoms. The maximum atomic E-state index is 11.0. The Morgan fingerprint density at radius 3 is 2.83 bits per heavy atom. The van der Waals surface area contributed by atoms with Gasteiger partial charge in [-0.1, -0.05) is 0 Å². The summed E-state index contributed by atoms with van der Waals surface area (Å²) in [5, 5.41) is 0. The molecule has 66 valence electrons. The molecule has 0 amide bonds. The molecule has 0 saturated heterocycles. The van der Waals surface area contributed by atoms with Gasteiger partial charge in [-0.25, -0.2) is 16.6 Å². The van der Waals surface area contributed by atoms with E-state index in [4.69, 9.17) is 11.8 Å². The van der Waals surface area contributed by atoms with Crippen LogP contribution in [0.3, 0.4) is 0 Å². The molecule has 1 heterocycles. The minimum Gasteiger partial charge on any atom is -0.600 e. The molecule has 0 aliphatic carbocycles. The number of methoxy groups -OCH3 is 1. The largest absolute Gasteiger partial charge is 0.600 e. The minimum absolute atomic E-state index is 0.399. The summed E-state index contributed by atoms with van der Waals surface area (Å²) in [6, 6.07) is 1.55. The van der Waals surface area contributed by atoms with Gasteiger partial charge in [0.15, 0.2) is 0 Å². The fourth-order valence-electron chi connectivity index (χ4n) is 0.901. The molecule has 12 heavy (non-hydrogen) atoms. The van der Waals surface area contributed by atoms with Gasteiger partial charge in [0.1, 0.15) is 5.69 Å². The Hall–Kier alpha value is -1.16. The van der Waals surface area contributed by atoms with E-state index in [1.807, 2.05) is 0 Å². The fourth-order valence-corrected chi connectivity index (χ4v) is 0.993. The molecule has 0 aliphatic rings. The third-order valence-electron chi connectivity index (χ3n) is 1.48. The van der Waals surface area contributed by atoms with E-state index in [2.05, 4.69) is 9.57 Å². The van der Waals surface area contributed by atoms with Crippen molar-refractivity contribution in [3.63, 3.8) is 0 Å². The van der Waals surface area contributed by atoms with Gasteiger partial charge < -0.3 is 14.1 Å². The lowest BCUT2D eigenvalue weighted by molar-refractivity contribution is 0.0590. The lowest BCUT2D eigenvalue weighted by Gasteiger charge is -2.04. The lowest BCUT2D eigenvalue weighted by atomic mass is 10.4. The SMILES string of the molecule is COC(=O)c1cc([N-]Cl)cn1C. The van der Waals surface area contributed by atoms with E-state index >= 15 is 0 Å². The molecule has 0 atom stereocenters. The monoisotopic (exact) mass is 187 g/mol. The van der Waals surface area contributed by atoms with Gasteiger partial charge in [0.05, 0.1) is 7.11 Å². The van der Waals surface area contributed by atoms with Crippen LogP contribution in [0.5, 0.6) is 0 Å². The molecule has 0 aromatic carbocycles. The Morgan fingerprint density at radius 1 is 1.75 bits per heavy atom. The van der Waals surface area contributed by atoms with Crippen molar-refractivity contribution in [2.75, 3.05) is 7.11 Å². The van der Waals surface area contributed by atoms with Gasteiger partial charge in [-0.2, -0.15) is 0 Å². The molecule has 0 saturated carbocycles.